The molecule has 0 aliphatic carbocycles. The average molecular weight is 487 g/mol. The number of carbonyl (C=O) groups excluding carboxylic acids is 2. The molecule has 0 aromatic rings. The monoisotopic (exact) mass is 486 g/mol. The number of likely N-dealkylation sites (tertiary alicyclic amines) is 1. The first-order valence-electron chi connectivity index (χ1n) is 10.4. The standard InChI is InChI=1S/C21H31BrN2O6/c1-5-8-24(20(2,3)4)18(27)16-21-11-12(22)15(30-21)13(19(28)29)14(21)17(26)23(16)9-6-7-10-25/h5,12-16,25H,1,6-11H2,2-4H3,(H,28,29)/t12?,13-,14+,15-,16-,21+/m1/s1. The van der Waals surface area contributed by atoms with Gasteiger partial charge in [0.2, 0.25) is 11.8 Å². The lowest BCUT2D eigenvalue weighted by Crippen LogP contribution is -2.60. The zero-order valence-corrected chi connectivity index (χ0v) is 19.3. The summed E-state index contributed by atoms with van der Waals surface area (Å²) in [5.74, 6) is -3.55. The molecular weight excluding hydrogens is 456 g/mol. The number of hydrogen-bond acceptors (Lipinski definition) is 5. The Morgan fingerprint density at radius 2 is 2.07 bits per heavy atom. The van der Waals surface area contributed by atoms with Crippen LogP contribution in [0.2, 0.25) is 0 Å². The van der Waals surface area contributed by atoms with Gasteiger partial charge in [-0.05, 0) is 40.0 Å². The Kier molecular flexibility index (Phi) is 6.38. The highest BCUT2D eigenvalue weighted by Gasteiger charge is 2.76. The van der Waals surface area contributed by atoms with Crippen molar-refractivity contribution in [2.45, 2.75) is 68.1 Å². The van der Waals surface area contributed by atoms with Crippen molar-refractivity contribution in [2.24, 2.45) is 11.8 Å². The molecule has 1 unspecified atom stereocenters. The van der Waals surface area contributed by atoms with Crippen LogP contribution in [0.15, 0.2) is 12.7 Å². The van der Waals surface area contributed by atoms with E-state index in [0.29, 0.717) is 25.8 Å². The number of unbranched alkanes of at least 4 members (excludes halogenated alkanes) is 1. The Morgan fingerprint density at radius 3 is 2.60 bits per heavy atom. The van der Waals surface area contributed by atoms with E-state index in [1.807, 2.05) is 20.8 Å². The third-order valence-electron chi connectivity index (χ3n) is 6.50. The van der Waals surface area contributed by atoms with Gasteiger partial charge in [-0.3, -0.25) is 14.4 Å². The van der Waals surface area contributed by atoms with Crippen LogP contribution < -0.4 is 0 Å². The van der Waals surface area contributed by atoms with Crippen LogP contribution in [-0.4, -0.2) is 85.6 Å². The minimum atomic E-state index is -1.17. The fourth-order valence-electron chi connectivity index (χ4n) is 5.30. The zero-order chi connectivity index (χ0) is 22.4. The molecule has 168 valence electrons. The highest BCUT2D eigenvalue weighted by atomic mass is 79.9. The van der Waals surface area contributed by atoms with E-state index in [1.54, 1.807) is 11.0 Å². The summed E-state index contributed by atoms with van der Waals surface area (Å²) in [6, 6.07) is -0.901. The maximum atomic E-state index is 13.9. The number of rotatable bonds is 8. The van der Waals surface area contributed by atoms with E-state index in [9.17, 15) is 19.5 Å². The van der Waals surface area contributed by atoms with Crippen LogP contribution in [0.5, 0.6) is 0 Å². The van der Waals surface area contributed by atoms with E-state index in [2.05, 4.69) is 22.5 Å². The number of aliphatic hydroxyl groups excluding tert-OH is 1. The van der Waals surface area contributed by atoms with Gasteiger partial charge in [-0.25, -0.2) is 0 Å². The molecule has 2 amide bonds. The van der Waals surface area contributed by atoms with Crippen LogP contribution >= 0.6 is 15.9 Å². The number of carboxylic acid groups (broad SMARTS) is 1. The Hall–Kier alpha value is -1.45. The molecule has 0 aromatic carbocycles. The number of nitrogens with zero attached hydrogens (tertiary/aromatic N) is 2. The van der Waals surface area contributed by atoms with Crippen molar-refractivity contribution in [3.63, 3.8) is 0 Å². The van der Waals surface area contributed by atoms with Gasteiger partial charge in [0, 0.05) is 30.1 Å². The maximum absolute atomic E-state index is 13.9. The zero-order valence-electron chi connectivity index (χ0n) is 17.7. The molecule has 0 saturated carbocycles. The summed E-state index contributed by atoms with van der Waals surface area (Å²) in [7, 11) is 0. The molecule has 9 heteroatoms. The van der Waals surface area contributed by atoms with E-state index in [0.717, 1.165) is 0 Å². The fraction of sp³-hybridized carbons (Fsp3) is 0.762. The van der Waals surface area contributed by atoms with Gasteiger partial charge in [0.25, 0.3) is 0 Å². The molecule has 0 aromatic heterocycles. The second kappa shape index (κ2) is 8.24. The van der Waals surface area contributed by atoms with Crippen molar-refractivity contribution < 1.29 is 29.3 Å². The van der Waals surface area contributed by atoms with Crippen molar-refractivity contribution in [3.05, 3.63) is 12.7 Å². The van der Waals surface area contributed by atoms with Gasteiger partial charge < -0.3 is 24.7 Å². The molecule has 3 saturated heterocycles. The third kappa shape index (κ3) is 3.48. The van der Waals surface area contributed by atoms with Gasteiger partial charge in [0.15, 0.2) is 0 Å². The summed E-state index contributed by atoms with van der Waals surface area (Å²) in [4.78, 5) is 42.3. The summed E-state index contributed by atoms with van der Waals surface area (Å²) in [5.41, 5.74) is -1.68. The molecule has 6 atom stereocenters. The van der Waals surface area contributed by atoms with Crippen molar-refractivity contribution in [2.75, 3.05) is 19.7 Å². The van der Waals surface area contributed by atoms with Crippen LogP contribution in [0.4, 0.5) is 0 Å². The number of hydrogen-bond donors (Lipinski definition) is 2. The van der Waals surface area contributed by atoms with Crippen LogP contribution in [0.1, 0.15) is 40.0 Å². The fourth-order valence-corrected chi connectivity index (χ4v) is 6.24. The maximum Gasteiger partial charge on any atom is 0.310 e. The molecule has 8 nitrogen and oxygen atoms in total. The topological polar surface area (TPSA) is 107 Å². The van der Waals surface area contributed by atoms with E-state index < -0.39 is 41.1 Å². The Labute approximate surface area is 185 Å². The summed E-state index contributed by atoms with van der Waals surface area (Å²) < 4.78 is 6.24. The molecule has 3 aliphatic rings. The van der Waals surface area contributed by atoms with Crippen molar-refractivity contribution in [1.29, 1.82) is 0 Å². The number of carboxylic acids is 1. The first kappa shape index (κ1) is 23.2. The number of ether oxygens (including phenoxy) is 1. The lowest BCUT2D eigenvalue weighted by molar-refractivity contribution is -0.152. The van der Waals surface area contributed by atoms with E-state index >= 15 is 0 Å². The van der Waals surface area contributed by atoms with Gasteiger partial charge in [-0.15, -0.1) is 6.58 Å². The van der Waals surface area contributed by atoms with Gasteiger partial charge >= 0.3 is 5.97 Å². The number of amides is 2. The SMILES string of the molecule is C=CCN(C(=O)[C@H]1N(CCCCO)C(=O)[C@@H]2[C@@H](C(=O)O)[C@@H]3O[C@@]21CC3Br)C(C)(C)C. The largest absolute Gasteiger partial charge is 0.481 e. The highest BCUT2D eigenvalue weighted by Crippen LogP contribution is 2.60. The molecule has 30 heavy (non-hydrogen) atoms. The predicted octanol–water partition coefficient (Wildman–Crippen LogP) is 1.40. The molecule has 2 bridgehead atoms. The molecule has 3 heterocycles. The van der Waals surface area contributed by atoms with Crippen molar-refractivity contribution in [3.8, 4) is 0 Å². The first-order chi connectivity index (χ1) is 14.0. The van der Waals surface area contributed by atoms with E-state index in [4.69, 9.17) is 9.84 Å². The van der Waals surface area contributed by atoms with Gasteiger partial charge in [-0.2, -0.15) is 0 Å². The number of aliphatic carboxylic acids is 1. The minimum Gasteiger partial charge on any atom is -0.481 e. The molecule has 2 N–H and O–H groups in total. The lowest BCUT2D eigenvalue weighted by Gasteiger charge is -2.42. The normalized spacial score (nSPS) is 34.9. The van der Waals surface area contributed by atoms with Crippen molar-refractivity contribution >= 4 is 33.7 Å². The number of carbonyl (C=O) groups is 3. The second-order valence-electron chi connectivity index (χ2n) is 9.37. The Balaban J connectivity index is 2.06. The molecule has 3 fully saturated rings. The van der Waals surface area contributed by atoms with Crippen LogP contribution in [0.25, 0.3) is 0 Å². The number of aliphatic hydroxyl groups is 1. The molecule has 1 spiro atoms. The molecule has 3 rings (SSSR count). The highest BCUT2D eigenvalue weighted by molar-refractivity contribution is 9.09. The van der Waals surface area contributed by atoms with Crippen LogP contribution in [0, 0.1) is 11.8 Å². The summed E-state index contributed by atoms with van der Waals surface area (Å²) in [6.45, 7) is 10.1. The first-order valence-corrected chi connectivity index (χ1v) is 11.3. The molecular formula is C21H31BrN2O6. The predicted molar refractivity (Wildman–Crippen MR) is 113 cm³/mol. The van der Waals surface area contributed by atoms with E-state index in [-0.39, 0.29) is 29.8 Å². The summed E-state index contributed by atoms with van der Waals surface area (Å²) in [5, 5.41) is 19.0. The smallest absolute Gasteiger partial charge is 0.310 e. The second-order valence-corrected chi connectivity index (χ2v) is 10.5. The van der Waals surface area contributed by atoms with Gasteiger partial charge in [0.1, 0.15) is 11.6 Å². The van der Waals surface area contributed by atoms with E-state index in [1.165, 1.54) is 4.90 Å². The molecule has 0 radical (unpaired) electrons. The summed E-state index contributed by atoms with van der Waals surface area (Å²) >= 11 is 3.53. The molecule has 3 aliphatic heterocycles. The third-order valence-corrected chi connectivity index (χ3v) is 7.35. The van der Waals surface area contributed by atoms with Gasteiger partial charge in [0.05, 0.1) is 17.9 Å². The number of fused-ring (bicyclic) bond motifs is 1. The lowest BCUT2D eigenvalue weighted by atomic mass is 9.70. The quantitative estimate of drug-likeness (QED) is 0.305. The Bertz CT molecular complexity index is 737. The average Bonchev–Trinajstić information content (AvgIpc) is 3.22. The minimum absolute atomic E-state index is 0.0143. The summed E-state index contributed by atoms with van der Waals surface area (Å²) in [6.07, 6.45) is 2.41. The van der Waals surface area contributed by atoms with Crippen LogP contribution in [0.3, 0.4) is 0 Å². The number of halogens is 1. The number of alkyl halides is 1. The van der Waals surface area contributed by atoms with Crippen molar-refractivity contribution in [1.82, 2.24) is 9.80 Å². The van der Waals surface area contributed by atoms with Crippen LogP contribution in [-0.2, 0) is 19.1 Å². The Morgan fingerprint density at radius 1 is 1.40 bits per heavy atom. The van der Waals surface area contributed by atoms with Gasteiger partial charge in [-0.1, -0.05) is 22.0 Å².